The Kier molecular flexibility index (Phi) is 7.11. The molecule has 0 spiro atoms. The van der Waals surface area contributed by atoms with Crippen LogP contribution in [0.1, 0.15) is 20.8 Å². The number of rotatable bonds is 4. The fraction of sp³-hybridized carbons (Fsp3) is 0.385. The fourth-order valence-electron chi connectivity index (χ4n) is 1.37. The minimum atomic E-state index is -0.269. The maximum Gasteiger partial charge on any atom is 0.228 e. The molecule has 0 aromatic heterocycles. The molecule has 4 N–H and O–H groups in total. The Hall–Kier alpha value is -1.59. The van der Waals surface area contributed by atoms with Crippen LogP contribution in [-0.4, -0.2) is 17.9 Å². The third-order valence-corrected chi connectivity index (χ3v) is 2.65. The summed E-state index contributed by atoms with van der Waals surface area (Å²) in [5.74, 6) is -0.554. The van der Waals surface area contributed by atoms with E-state index in [9.17, 15) is 9.59 Å². The van der Waals surface area contributed by atoms with Gasteiger partial charge in [-0.3, -0.25) is 9.59 Å². The molecule has 0 fully saturated rings. The molecule has 1 rings (SSSR count). The summed E-state index contributed by atoms with van der Waals surface area (Å²) in [6.07, 6.45) is 0. The van der Waals surface area contributed by atoms with Gasteiger partial charge < -0.3 is 16.4 Å². The van der Waals surface area contributed by atoms with Crippen molar-refractivity contribution in [1.29, 1.82) is 0 Å². The van der Waals surface area contributed by atoms with E-state index in [1.165, 1.54) is 6.92 Å². The smallest absolute Gasteiger partial charge is 0.228 e. The van der Waals surface area contributed by atoms with Crippen LogP contribution in [0.15, 0.2) is 24.3 Å². The van der Waals surface area contributed by atoms with E-state index < -0.39 is 0 Å². The third-order valence-electron chi connectivity index (χ3n) is 2.65. The predicted octanol–water partition coefficient (Wildman–Crippen LogP) is 1.99. The second kappa shape index (κ2) is 7.76. The van der Waals surface area contributed by atoms with Gasteiger partial charge in [-0.25, -0.2) is 0 Å². The van der Waals surface area contributed by atoms with Crippen molar-refractivity contribution in [2.75, 3.05) is 10.6 Å². The van der Waals surface area contributed by atoms with Gasteiger partial charge in [0.15, 0.2) is 0 Å². The Morgan fingerprint density at radius 3 is 2.16 bits per heavy atom. The Morgan fingerprint density at radius 2 is 1.68 bits per heavy atom. The topological polar surface area (TPSA) is 84.2 Å². The lowest BCUT2D eigenvalue weighted by Crippen LogP contribution is -2.34. The molecule has 0 aliphatic heterocycles. The second-order valence-corrected chi connectivity index (χ2v) is 4.40. The van der Waals surface area contributed by atoms with Crippen molar-refractivity contribution in [3.05, 3.63) is 24.3 Å². The maximum atomic E-state index is 11.8. The molecule has 0 radical (unpaired) electrons. The standard InChI is InChI=1S/C13H19N3O2.ClH/c1-8(9(2)14)13(18)16-12-6-4-5-11(7-12)15-10(3)17;/h4-9H,14H2,1-3H3,(H,15,17)(H,16,18);1H. The SMILES string of the molecule is CC(=O)Nc1cccc(NC(=O)C(C)C(C)N)c1.Cl. The first-order valence-corrected chi connectivity index (χ1v) is 5.84. The number of carbonyl (C=O) groups excluding carboxylic acids is 2. The molecule has 2 atom stereocenters. The molecule has 0 aliphatic carbocycles. The molecule has 0 saturated heterocycles. The average Bonchev–Trinajstić information content (AvgIpc) is 2.27. The first kappa shape index (κ1) is 17.4. The van der Waals surface area contributed by atoms with E-state index >= 15 is 0 Å². The van der Waals surface area contributed by atoms with Gasteiger partial charge in [-0.05, 0) is 25.1 Å². The van der Waals surface area contributed by atoms with Crippen LogP contribution < -0.4 is 16.4 Å². The summed E-state index contributed by atoms with van der Waals surface area (Å²) < 4.78 is 0. The summed E-state index contributed by atoms with van der Waals surface area (Å²) >= 11 is 0. The molecule has 0 saturated carbocycles. The summed E-state index contributed by atoms with van der Waals surface area (Å²) in [4.78, 5) is 22.7. The van der Waals surface area contributed by atoms with Crippen LogP contribution in [0.2, 0.25) is 0 Å². The van der Waals surface area contributed by atoms with Gasteiger partial charge in [0.2, 0.25) is 11.8 Å². The van der Waals surface area contributed by atoms with E-state index in [1.807, 2.05) is 0 Å². The van der Waals surface area contributed by atoms with Crippen molar-refractivity contribution in [3.63, 3.8) is 0 Å². The molecule has 2 amide bonds. The van der Waals surface area contributed by atoms with Crippen LogP contribution in [0.3, 0.4) is 0 Å². The molecular weight excluding hydrogens is 266 g/mol. The average molecular weight is 286 g/mol. The van der Waals surface area contributed by atoms with Gasteiger partial charge in [0.25, 0.3) is 0 Å². The Labute approximate surface area is 119 Å². The summed E-state index contributed by atoms with van der Waals surface area (Å²) in [7, 11) is 0. The molecule has 106 valence electrons. The highest BCUT2D eigenvalue weighted by molar-refractivity contribution is 5.94. The van der Waals surface area contributed by atoms with Gasteiger partial charge in [0.05, 0.1) is 5.92 Å². The number of hydrogen-bond donors (Lipinski definition) is 3. The van der Waals surface area contributed by atoms with E-state index in [2.05, 4.69) is 10.6 Å². The van der Waals surface area contributed by atoms with Crippen molar-refractivity contribution < 1.29 is 9.59 Å². The normalized spacial score (nSPS) is 12.8. The van der Waals surface area contributed by atoms with Crippen molar-refractivity contribution in [3.8, 4) is 0 Å². The van der Waals surface area contributed by atoms with E-state index in [0.717, 1.165) is 0 Å². The molecule has 0 bridgehead atoms. The number of carbonyl (C=O) groups is 2. The number of halogens is 1. The number of nitrogens with two attached hydrogens (primary N) is 1. The van der Waals surface area contributed by atoms with Gasteiger partial charge in [-0.15, -0.1) is 12.4 Å². The van der Waals surface area contributed by atoms with Gasteiger partial charge in [-0.2, -0.15) is 0 Å². The second-order valence-electron chi connectivity index (χ2n) is 4.40. The van der Waals surface area contributed by atoms with Crippen molar-refractivity contribution in [2.45, 2.75) is 26.8 Å². The molecule has 5 nitrogen and oxygen atoms in total. The van der Waals surface area contributed by atoms with Crippen LogP contribution in [-0.2, 0) is 9.59 Å². The Morgan fingerprint density at radius 1 is 1.16 bits per heavy atom. The quantitative estimate of drug-likeness (QED) is 0.791. The summed E-state index contributed by atoms with van der Waals surface area (Å²) in [6.45, 7) is 5.00. The van der Waals surface area contributed by atoms with Gasteiger partial charge in [0.1, 0.15) is 0 Å². The first-order chi connectivity index (χ1) is 8.40. The molecule has 6 heteroatoms. The van der Waals surface area contributed by atoms with Crippen LogP contribution in [0.25, 0.3) is 0 Å². The third kappa shape index (κ3) is 5.72. The Balaban J connectivity index is 0.00000324. The van der Waals surface area contributed by atoms with Crippen LogP contribution in [0.4, 0.5) is 11.4 Å². The Bertz CT molecular complexity index is 449. The number of anilines is 2. The molecule has 1 aromatic carbocycles. The molecule has 0 aliphatic rings. The number of nitrogens with one attached hydrogen (secondary N) is 2. The first-order valence-electron chi connectivity index (χ1n) is 5.84. The van der Waals surface area contributed by atoms with Crippen molar-refractivity contribution in [1.82, 2.24) is 0 Å². The highest BCUT2D eigenvalue weighted by Crippen LogP contribution is 2.16. The monoisotopic (exact) mass is 285 g/mol. The molecular formula is C13H20ClN3O2. The van der Waals surface area contributed by atoms with Gasteiger partial charge in [-0.1, -0.05) is 13.0 Å². The van der Waals surface area contributed by atoms with E-state index in [-0.39, 0.29) is 36.2 Å². The maximum absolute atomic E-state index is 11.8. The van der Waals surface area contributed by atoms with Crippen LogP contribution >= 0.6 is 12.4 Å². The largest absolute Gasteiger partial charge is 0.327 e. The number of hydrogen-bond acceptors (Lipinski definition) is 3. The molecule has 2 unspecified atom stereocenters. The van der Waals surface area contributed by atoms with Gasteiger partial charge in [0, 0.05) is 24.3 Å². The lowest BCUT2D eigenvalue weighted by atomic mass is 10.0. The zero-order valence-corrected chi connectivity index (χ0v) is 12.1. The van der Waals surface area contributed by atoms with E-state index in [4.69, 9.17) is 5.73 Å². The van der Waals surface area contributed by atoms with Crippen molar-refractivity contribution >= 4 is 35.6 Å². The minimum absolute atomic E-state index is 0. The summed E-state index contributed by atoms with van der Waals surface area (Å²) in [5.41, 5.74) is 6.95. The zero-order valence-electron chi connectivity index (χ0n) is 11.3. The number of amides is 2. The van der Waals surface area contributed by atoms with Crippen molar-refractivity contribution in [2.24, 2.45) is 11.7 Å². The molecule has 19 heavy (non-hydrogen) atoms. The summed E-state index contributed by atoms with van der Waals surface area (Å²) in [5, 5.41) is 5.42. The van der Waals surface area contributed by atoms with Gasteiger partial charge >= 0.3 is 0 Å². The lowest BCUT2D eigenvalue weighted by Gasteiger charge is -2.15. The highest BCUT2D eigenvalue weighted by Gasteiger charge is 2.16. The molecule has 1 aromatic rings. The minimum Gasteiger partial charge on any atom is -0.327 e. The lowest BCUT2D eigenvalue weighted by molar-refractivity contribution is -0.119. The molecule has 0 heterocycles. The van der Waals surface area contributed by atoms with E-state index in [1.54, 1.807) is 38.1 Å². The van der Waals surface area contributed by atoms with E-state index in [0.29, 0.717) is 11.4 Å². The summed E-state index contributed by atoms with van der Waals surface area (Å²) in [6, 6.07) is 6.77. The fourth-order valence-corrected chi connectivity index (χ4v) is 1.37. The highest BCUT2D eigenvalue weighted by atomic mass is 35.5. The zero-order chi connectivity index (χ0) is 13.7. The van der Waals surface area contributed by atoms with Crippen LogP contribution in [0.5, 0.6) is 0 Å². The predicted molar refractivity (Wildman–Crippen MR) is 79.4 cm³/mol. The van der Waals surface area contributed by atoms with Crippen LogP contribution in [0, 0.1) is 5.92 Å². The number of benzene rings is 1.